The zero-order chi connectivity index (χ0) is 60.6. The van der Waals surface area contributed by atoms with Crippen molar-refractivity contribution in [1.82, 2.24) is 5.32 Å². The van der Waals surface area contributed by atoms with E-state index < -0.39 is 12.1 Å². The molecule has 498 valence electrons. The van der Waals surface area contributed by atoms with Crippen LogP contribution in [-0.2, 0) is 14.3 Å². The lowest BCUT2D eigenvalue weighted by Crippen LogP contribution is -2.45. The third-order valence-electron chi connectivity index (χ3n) is 18.2. The highest BCUT2D eigenvalue weighted by molar-refractivity contribution is 5.76. The molecule has 0 rings (SSSR count). The van der Waals surface area contributed by atoms with Crippen LogP contribution >= 0.6 is 0 Å². The van der Waals surface area contributed by atoms with E-state index in [1.807, 2.05) is 6.08 Å². The number of rotatable bonds is 73. The van der Waals surface area contributed by atoms with Gasteiger partial charge in [0.05, 0.1) is 25.4 Å². The van der Waals surface area contributed by atoms with Gasteiger partial charge in [0.15, 0.2) is 0 Å². The number of hydrogen-bond acceptors (Lipinski definition) is 5. The van der Waals surface area contributed by atoms with E-state index in [4.69, 9.17) is 4.74 Å². The maximum atomic E-state index is 12.4. The quantitative estimate of drug-likeness (QED) is 0.0320. The first-order valence-electron chi connectivity index (χ1n) is 38.6. The minimum Gasteiger partial charge on any atom is -0.466 e. The fourth-order valence-corrected chi connectivity index (χ4v) is 12.3. The molecule has 0 aromatic heterocycles. The van der Waals surface area contributed by atoms with Gasteiger partial charge in [0.2, 0.25) is 5.91 Å². The number of carbonyl (C=O) groups is 2. The lowest BCUT2D eigenvalue weighted by Gasteiger charge is -2.20. The molecule has 0 aliphatic heterocycles. The normalized spacial score (nSPS) is 12.6. The number of aliphatic hydroxyl groups is 2. The minimum absolute atomic E-state index is 0.0269. The average molecular weight is 1180 g/mol. The van der Waals surface area contributed by atoms with Crippen LogP contribution in [0.25, 0.3) is 0 Å². The number of nitrogens with one attached hydrogen (secondary N) is 1. The Morgan fingerprint density at radius 3 is 0.845 bits per heavy atom. The van der Waals surface area contributed by atoms with Gasteiger partial charge in [-0.15, -0.1) is 0 Å². The summed E-state index contributed by atoms with van der Waals surface area (Å²) < 4.78 is 5.52. The van der Waals surface area contributed by atoms with Gasteiger partial charge >= 0.3 is 5.97 Å². The number of carbonyl (C=O) groups excluding carboxylic acids is 2. The second kappa shape index (κ2) is 73.8. The molecule has 1 amide bonds. The summed E-state index contributed by atoms with van der Waals surface area (Å²) in [6, 6.07) is -0.623. The first-order chi connectivity index (χ1) is 41.5. The average Bonchev–Trinajstić information content (AvgIpc) is 3.51. The summed E-state index contributed by atoms with van der Waals surface area (Å²) in [6.45, 7) is 4.94. The van der Waals surface area contributed by atoms with Crippen LogP contribution in [0.4, 0.5) is 0 Å². The number of ether oxygens (including phenoxy) is 1. The molecule has 0 saturated heterocycles. The molecule has 6 nitrogen and oxygen atoms in total. The van der Waals surface area contributed by atoms with Gasteiger partial charge in [-0.05, 0) is 57.8 Å². The van der Waals surface area contributed by atoms with Crippen LogP contribution in [0.3, 0.4) is 0 Å². The highest BCUT2D eigenvalue weighted by Crippen LogP contribution is 2.20. The van der Waals surface area contributed by atoms with Crippen molar-refractivity contribution in [3.05, 3.63) is 24.3 Å². The highest BCUT2D eigenvalue weighted by Gasteiger charge is 2.18. The molecule has 0 heterocycles. The molecule has 0 bridgehead atoms. The number of unbranched alkanes of at least 4 members (excludes halogenated alkanes) is 60. The maximum absolute atomic E-state index is 12.4. The largest absolute Gasteiger partial charge is 0.466 e. The minimum atomic E-state index is -0.840. The van der Waals surface area contributed by atoms with E-state index in [2.05, 4.69) is 31.3 Å². The van der Waals surface area contributed by atoms with Gasteiger partial charge in [-0.3, -0.25) is 9.59 Å². The van der Waals surface area contributed by atoms with Crippen molar-refractivity contribution in [2.75, 3.05) is 13.2 Å². The van der Waals surface area contributed by atoms with Gasteiger partial charge < -0.3 is 20.3 Å². The van der Waals surface area contributed by atoms with E-state index in [1.165, 1.54) is 372 Å². The highest BCUT2D eigenvalue weighted by atomic mass is 16.5. The molecule has 3 N–H and O–H groups in total. The Morgan fingerprint density at radius 2 is 0.560 bits per heavy atom. The Hall–Kier alpha value is -1.66. The predicted molar refractivity (Wildman–Crippen MR) is 370 cm³/mol. The number of allylic oxidation sites excluding steroid dienone is 3. The van der Waals surface area contributed by atoms with Crippen molar-refractivity contribution in [3.63, 3.8) is 0 Å². The second-order valence-electron chi connectivity index (χ2n) is 26.7. The van der Waals surface area contributed by atoms with E-state index in [9.17, 15) is 19.8 Å². The molecule has 0 radical (unpaired) electrons. The third kappa shape index (κ3) is 69.4. The summed E-state index contributed by atoms with van der Waals surface area (Å²) in [5.41, 5.74) is 0. The van der Waals surface area contributed by atoms with Crippen LogP contribution in [0.15, 0.2) is 24.3 Å². The molecule has 2 atom stereocenters. The van der Waals surface area contributed by atoms with Crippen molar-refractivity contribution >= 4 is 11.9 Å². The smallest absolute Gasteiger partial charge is 0.305 e. The monoisotopic (exact) mass is 1180 g/mol. The van der Waals surface area contributed by atoms with Gasteiger partial charge in [0, 0.05) is 12.8 Å². The van der Waals surface area contributed by atoms with E-state index in [-0.39, 0.29) is 18.5 Å². The molecule has 0 aliphatic rings. The molecule has 6 heteroatoms. The van der Waals surface area contributed by atoms with Crippen LogP contribution in [0.1, 0.15) is 438 Å². The molecule has 0 fully saturated rings. The zero-order valence-electron chi connectivity index (χ0n) is 57.2. The Balaban J connectivity index is 3.30. The molecule has 0 aromatic rings. The number of hydrogen-bond donors (Lipinski definition) is 3. The fourth-order valence-electron chi connectivity index (χ4n) is 12.3. The Labute approximate surface area is 526 Å². The lowest BCUT2D eigenvalue weighted by atomic mass is 10.0. The Kier molecular flexibility index (Phi) is 72.3. The maximum Gasteiger partial charge on any atom is 0.305 e. The van der Waals surface area contributed by atoms with Gasteiger partial charge in [0.25, 0.3) is 0 Å². The SMILES string of the molecule is CCCCCCCCCCC/C=C/C(O)C(CO)NC(=O)CCCCCCCCCCCCCCCCCCC/C=C\CCCCCCCCCCCCCCCCCCOC(=O)CCCCCCCCCCCCCCCCCCCCC. The summed E-state index contributed by atoms with van der Waals surface area (Å²) in [5.74, 6) is -0.0363. The Bertz CT molecular complexity index is 1320. The second-order valence-corrected chi connectivity index (χ2v) is 26.7. The molecule has 0 saturated carbocycles. The zero-order valence-corrected chi connectivity index (χ0v) is 57.2. The predicted octanol–water partition coefficient (Wildman–Crippen LogP) is 25.3. The van der Waals surface area contributed by atoms with Crippen molar-refractivity contribution in [1.29, 1.82) is 0 Å². The third-order valence-corrected chi connectivity index (χ3v) is 18.2. The fraction of sp³-hybridized carbons (Fsp3) is 0.923. The molecular formula is C78H151NO5. The Morgan fingerprint density at radius 1 is 0.321 bits per heavy atom. The van der Waals surface area contributed by atoms with Gasteiger partial charge in [0.1, 0.15) is 0 Å². The van der Waals surface area contributed by atoms with Crippen LogP contribution in [0.5, 0.6) is 0 Å². The summed E-state index contributed by atoms with van der Waals surface area (Å²) in [7, 11) is 0. The van der Waals surface area contributed by atoms with Crippen molar-refractivity contribution in [3.8, 4) is 0 Å². The summed E-state index contributed by atoms with van der Waals surface area (Å²) >= 11 is 0. The summed E-state index contributed by atoms with van der Waals surface area (Å²) in [6.07, 6.45) is 94.6. The van der Waals surface area contributed by atoms with E-state index in [1.54, 1.807) is 6.08 Å². The molecule has 0 aromatic carbocycles. The lowest BCUT2D eigenvalue weighted by molar-refractivity contribution is -0.143. The standard InChI is InChI=1S/C78H151NO5/c1-3-5-7-9-11-13-15-16-17-18-38-42-45-48-52-56-60-64-68-72-78(83)84-73-69-65-61-57-53-49-46-43-40-37-35-33-31-29-27-25-23-21-19-20-22-24-26-28-30-32-34-36-39-41-44-47-51-55-59-63-67-71-77(82)79-75(74-80)76(81)70-66-62-58-54-50-14-12-10-8-6-4-2/h19,21,66,70,75-76,80-81H,3-18,20,22-65,67-69,71-74H2,1-2H3,(H,79,82)/b21-19-,70-66+. The van der Waals surface area contributed by atoms with E-state index >= 15 is 0 Å². The number of amides is 1. The summed E-state index contributed by atoms with van der Waals surface area (Å²) in [5, 5.41) is 23.1. The van der Waals surface area contributed by atoms with Gasteiger partial charge in [-0.2, -0.15) is 0 Å². The molecule has 0 spiro atoms. The number of aliphatic hydroxyl groups excluding tert-OH is 2. The van der Waals surface area contributed by atoms with Crippen molar-refractivity contribution < 1.29 is 24.5 Å². The van der Waals surface area contributed by atoms with Crippen molar-refractivity contribution in [2.45, 2.75) is 450 Å². The molecule has 0 aliphatic carbocycles. The summed E-state index contributed by atoms with van der Waals surface area (Å²) in [4.78, 5) is 24.6. The number of esters is 1. The van der Waals surface area contributed by atoms with Crippen LogP contribution in [-0.4, -0.2) is 47.4 Å². The van der Waals surface area contributed by atoms with Crippen LogP contribution < -0.4 is 5.32 Å². The van der Waals surface area contributed by atoms with Crippen LogP contribution in [0.2, 0.25) is 0 Å². The molecule has 2 unspecified atom stereocenters. The van der Waals surface area contributed by atoms with Gasteiger partial charge in [-0.25, -0.2) is 0 Å². The van der Waals surface area contributed by atoms with Gasteiger partial charge in [-0.1, -0.05) is 391 Å². The topological polar surface area (TPSA) is 95.9 Å². The van der Waals surface area contributed by atoms with E-state index in [0.29, 0.717) is 19.4 Å². The molecular weight excluding hydrogens is 1030 g/mol. The first-order valence-corrected chi connectivity index (χ1v) is 38.6. The van der Waals surface area contributed by atoms with E-state index in [0.717, 1.165) is 38.5 Å². The van der Waals surface area contributed by atoms with Crippen LogP contribution in [0, 0.1) is 0 Å². The molecule has 84 heavy (non-hydrogen) atoms. The van der Waals surface area contributed by atoms with Crippen molar-refractivity contribution in [2.24, 2.45) is 0 Å². The first kappa shape index (κ1) is 82.3.